The number of nitrogens with zero attached hydrogens (tertiary/aromatic N) is 1. The van der Waals surface area contributed by atoms with Crippen LogP contribution in [0, 0.1) is 0 Å². The number of hydrogen-bond donors (Lipinski definition) is 1. The van der Waals surface area contributed by atoms with Crippen LogP contribution >= 0.6 is 22.9 Å². The van der Waals surface area contributed by atoms with Crippen LogP contribution < -0.4 is 5.32 Å². The van der Waals surface area contributed by atoms with Gasteiger partial charge in [-0.2, -0.15) is 0 Å². The molecule has 1 unspecified atom stereocenters. The van der Waals surface area contributed by atoms with Gasteiger partial charge in [0.15, 0.2) is 0 Å². The molecule has 0 aliphatic heterocycles. The van der Waals surface area contributed by atoms with Crippen molar-refractivity contribution in [1.82, 2.24) is 10.3 Å². The molecule has 0 spiro atoms. The lowest BCUT2D eigenvalue weighted by atomic mass is 10.0. The van der Waals surface area contributed by atoms with Crippen LogP contribution in [0.2, 0.25) is 5.02 Å². The summed E-state index contributed by atoms with van der Waals surface area (Å²) in [7, 11) is 0. The Hall–Kier alpha value is -0.900. The molecule has 2 nitrogen and oxygen atoms in total. The van der Waals surface area contributed by atoms with E-state index in [2.05, 4.69) is 34.7 Å². The van der Waals surface area contributed by atoms with Crippen LogP contribution in [-0.2, 0) is 13.0 Å². The van der Waals surface area contributed by atoms with Crippen LogP contribution in [0.15, 0.2) is 35.2 Å². The number of hydrogen-bond acceptors (Lipinski definition) is 3. The van der Waals surface area contributed by atoms with Gasteiger partial charge in [0, 0.05) is 23.0 Å². The summed E-state index contributed by atoms with van der Waals surface area (Å²) in [5.41, 5.74) is 4.33. The van der Waals surface area contributed by atoms with Crippen LogP contribution in [0.5, 0.6) is 0 Å². The lowest BCUT2D eigenvalue weighted by Gasteiger charge is -2.17. The summed E-state index contributed by atoms with van der Waals surface area (Å²) in [6.07, 6.45) is 3.39. The molecule has 2 aromatic rings. The summed E-state index contributed by atoms with van der Waals surface area (Å²) < 4.78 is 0. The van der Waals surface area contributed by atoms with Crippen molar-refractivity contribution in [3.05, 3.63) is 51.4 Å². The molecule has 1 atom stereocenters. The van der Waals surface area contributed by atoms with Crippen molar-refractivity contribution < 1.29 is 0 Å². The van der Waals surface area contributed by atoms with Crippen molar-refractivity contribution >= 4 is 22.9 Å². The Morgan fingerprint density at radius 2 is 2.11 bits per heavy atom. The highest BCUT2D eigenvalue weighted by molar-refractivity contribution is 7.07. The molecule has 4 heteroatoms. The largest absolute Gasteiger partial charge is 0.308 e. The molecule has 0 fully saturated rings. The fraction of sp³-hybridized carbons (Fsp3) is 0.400. The molecule has 1 aromatic carbocycles. The smallest absolute Gasteiger partial charge is 0.0795 e. The molecule has 0 amide bonds. The Morgan fingerprint density at radius 3 is 2.74 bits per heavy atom. The summed E-state index contributed by atoms with van der Waals surface area (Å²) in [6.45, 7) is 3.07. The first kappa shape index (κ1) is 14.5. The number of benzene rings is 1. The fourth-order valence-corrected chi connectivity index (χ4v) is 2.79. The second kappa shape index (κ2) is 7.63. The Kier molecular flexibility index (Phi) is 5.83. The van der Waals surface area contributed by atoms with Gasteiger partial charge < -0.3 is 5.32 Å². The van der Waals surface area contributed by atoms with Gasteiger partial charge >= 0.3 is 0 Å². The van der Waals surface area contributed by atoms with E-state index in [1.165, 1.54) is 18.4 Å². The van der Waals surface area contributed by atoms with Crippen molar-refractivity contribution in [2.75, 3.05) is 0 Å². The van der Waals surface area contributed by atoms with E-state index in [9.17, 15) is 0 Å². The molecule has 102 valence electrons. The van der Waals surface area contributed by atoms with Gasteiger partial charge in [0.05, 0.1) is 11.2 Å². The SMILES string of the molecule is CCCC(Cc1ccc(Cl)cc1)NCc1cscn1. The first-order valence-electron chi connectivity index (χ1n) is 6.63. The topological polar surface area (TPSA) is 24.9 Å². The minimum Gasteiger partial charge on any atom is -0.308 e. The highest BCUT2D eigenvalue weighted by atomic mass is 35.5. The van der Waals surface area contributed by atoms with Gasteiger partial charge in [0.1, 0.15) is 0 Å². The summed E-state index contributed by atoms with van der Waals surface area (Å²) in [4.78, 5) is 4.31. The third-order valence-corrected chi connectivity index (χ3v) is 3.98. The molecule has 0 radical (unpaired) electrons. The highest BCUT2D eigenvalue weighted by Crippen LogP contribution is 2.13. The van der Waals surface area contributed by atoms with Crippen molar-refractivity contribution in [3.8, 4) is 0 Å². The van der Waals surface area contributed by atoms with E-state index in [0.29, 0.717) is 6.04 Å². The van der Waals surface area contributed by atoms with Gasteiger partial charge in [-0.15, -0.1) is 11.3 Å². The Balaban J connectivity index is 1.89. The van der Waals surface area contributed by atoms with Crippen LogP contribution in [0.3, 0.4) is 0 Å². The molecule has 1 heterocycles. The number of thiazole rings is 1. The van der Waals surface area contributed by atoms with Crippen LogP contribution in [0.4, 0.5) is 0 Å². The zero-order chi connectivity index (χ0) is 13.5. The summed E-state index contributed by atoms with van der Waals surface area (Å²) >= 11 is 7.56. The van der Waals surface area contributed by atoms with E-state index in [-0.39, 0.29) is 0 Å². The molecule has 1 N–H and O–H groups in total. The van der Waals surface area contributed by atoms with Crippen molar-refractivity contribution in [1.29, 1.82) is 0 Å². The maximum Gasteiger partial charge on any atom is 0.0795 e. The van der Waals surface area contributed by atoms with E-state index < -0.39 is 0 Å². The third-order valence-electron chi connectivity index (χ3n) is 3.09. The monoisotopic (exact) mass is 294 g/mol. The fourth-order valence-electron chi connectivity index (χ4n) is 2.10. The minimum absolute atomic E-state index is 0.493. The first-order valence-corrected chi connectivity index (χ1v) is 7.95. The Morgan fingerprint density at radius 1 is 1.32 bits per heavy atom. The number of nitrogens with one attached hydrogen (secondary N) is 1. The number of rotatable bonds is 7. The molecular formula is C15H19ClN2S. The molecule has 19 heavy (non-hydrogen) atoms. The van der Waals surface area contributed by atoms with E-state index in [4.69, 9.17) is 11.6 Å². The predicted octanol–water partition coefficient (Wildman–Crippen LogP) is 4.30. The van der Waals surface area contributed by atoms with Gasteiger partial charge in [0.2, 0.25) is 0 Å². The van der Waals surface area contributed by atoms with Gasteiger partial charge in [-0.05, 0) is 30.5 Å². The van der Waals surface area contributed by atoms with Gasteiger partial charge in [-0.1, -0.05) is 37.1 Å². The van der Waals surface area contributed by atoms with E-state index in [0.717, 1.165) is 23.7 Å². The second-order valence-electron chi connectivity index (χ2n) is 4.68. The number of aromatic nitrogens is 1. The maximum atomic E-state index is 5.92. The second-order valence-corrected chi connectivity index (χ2v) is 5.83. The summed E-state index contributed by atoms with van der Waals surface area (Å²) in [5.74, 6) is 0. The molecule has 0 aliphatic rings. The van der Waals surface area contributed by atoms with Crippen LogP contribution in [0.25, 0.3) is 0 Å². The van der Waals surface area contributed by atoms with Gasteiger partial charge in [-0.3, -0.25) is 0 Å². The van der Waals surface area contributed by atoms with E-state index >= 15 is 0 Å². The maximum absolute atomic E-state index is 5.92. The molecule has 0 saturated carbocycles. The molecule has 0 bridgehead atoms. The molecular weight excluding hydrogens is 276 g/mol. The minimum atomic E-state index is 0.493. The zero-order valence-electron chi connectivity index (χ0n) is 11.1. The van der Waals surface area contributed by atoms with Crippen molar-refractivity contribution in [2.45, 2.75) is 38.8 Å². The molecule has 0 saturated heterocycles. The Bertz CT molecular complexity index is 467. The predicted molar refractivity (Wildman–Crippen MR) is 82.8 cm³/mol. The van der Waals surface area contributed by atoms with Crippen LogP contribution in [0.1, 0.15) is 31.0 Å². The van der Waals surface area contributed by atoms with E-state index in [1.807, 2.05) is 17.6 Å². The van der Waals surface area contributed by atoms with Crippen LogP contribution in [-0.4, -0.2) is 11.0 Å². The molecule has 2 rings (SSSR count). The third kappa shape index (κ3) is 4.94. The van der Waals surface area contributed by atoms with Crippen molar-refractivity contribution in [3.63, 3.8) is 0 Å². The lowest BCUT2D eigenvalue weighted by molar-refractivity contribution is 0.469. The quantitative estimate of drug-likeness (QED) is 0.823. The summed E-state index contributed by atoms with van der Waals surface area (Å²) in [5, 5.41) is 6.49. The average molecular weight is 295 g/mol. The first-order chi connectivity index (χ1) is 9.28. The lowest BCUT2D eigenvalue weighted by Crippen LogP contribution is -2.30. The molecule has 1 aromatic heterocycles. The molecule has 0 aliphatic carbocycles. The van der Waals surface area contributed by atoms with Crippen molar-refractivity contribution in [2.24, 2.45) is 0 Å². The van der Waals surface area contributed by atoms with Gasteiger partial charge in [0.25, 0.3) is 0 Å². The standard InChI is InChI=1S/C15H19ClN2S/c1-2-3-14(17-9-15-10-19-11-18-15)8-12-4-6-13(16)7-5-12/h4-7,10-11,14,17H,2-3,8-9H2,1H3. The summed E-state index contributed by atoms with van der Waals surface area (Å²) in [6, 6.07) is 8.62. The van der Waals surface area contributed by atoms with E-state index in [1.54, 1.807) is 11.3 Å². The zero-order valence-corrected chi connectivity index (χ0v) is 12.7. The Labute approximate surface area is 123 Å². The normalized spacial score (nSPS) is 12.5. The van der Waals surface area contributed by atoms with Gasteiger partial charge in [-0.25, -0.2) is 4.98 Å². The highest BCUT2D eigenvalue weighted by Gasteiger charge is 2.09. The average Bonchev–Trinajstić information content (AvgIpc) is 2.92. The number of halogens is 1.